The predicted molar refractivity (Wildman–Crippen MR) is 123 cm³/mol. The quantitative estimate of drug-likeness (QED) is 0.352. The van der Waals surface area contributed by atoms with Crippen LogP contribution in [-0.2, 0) is 13.7 Å². The van der Waals surface area contributed by atoms with Gasteiger partial charge in [-0.05, 0) is 48.9 Å². The van der Waals surface area contributed by atoms with E-state index in [0.29, 0.717) is 35.1 Å². The van der Waals surface area contributed by atoms with Crippen LogP contribution in [0.4, 0.5) is 4.39 Å². The Morgan fingerprint density at radius 1 is 1.06 bits per heavy atom. The van der Waals surface area contributed by atoms with Gasteiger partial charge in [0.15, 0.2) is 17.3 Å². The summed E-state index contributed by atoms with van der Waals surface area (Å²) < 4.78 is 27.4. The first kappa shape index (κ1) is 21.1. The molecule has 0 spiro atoms. The smallest absolute Gasteiger partial charge is 0.161 e. The van der Waals surface area contributed by atoms with Gasteiger partial charge >= 0.3 is 0 Å². The number of rotatable bonds is 7. The summed E-state index contributed by atoms with van der Waals surface area (Å²) in [6.45, 7) is 2.41. The van der Waals surface area contributed by atoms with Gasteiger partial charge < -0.3 is 14.0 Å². The standard InChI is InChI=1S/C26H22FN3O2/c1-3-31-25-15-18(12-13-24(25)32-17-19-8-4-5-9-21(19)27)14-20(16-28)26-29-22-10-6-7-11-23(22)30(26)2/h4-15H,3,17H2,1-2H3. The normalized spacial score (nSPS) is 11.4. The molecule has 1 heterocycles. The van der Waals surface area contributed by atoms with Crippen molar-refractivity contribution in [2.24, 2.45) is 7.05 Å². The van der Waals surface area contributed by atoms with Gasteiger partial charge in [0.2, 0.25) is 0 Å². The highest BCUT2D eigenvalue weighted by atomic mass is 19.1. The average Bonchev–Trinajstić information content (AvgIpc) is 3.14. The van der Waals surface area contributed by atoms with Gasteiger partial charge in [-0.3, -0.25) is 0 Å². The fraction of sp³-hybridized carbons (Fsp3) is 0.154. The van der Waals surface area contributed by atoms with Gasteiger partial charge in [0, 0.05) is 12.6 Å². The van der Waals surface area contributed by atoms with E-state index >= 15 is 0 Å². The topological polar surface area (TPSA) is 60.1 Å². The molecule has 0 aliphatic heterocycles. The molecule has 0 saturated heterocycles. The number of para-hydroxylation sites is 2. The number of hydrogen-bond donors (Lipinski definition) is 0. The van der Waals surface area contributed by atoms with Crippen LogP contribution in [0, 0.1) is 17.1 Å². The molecular formula is C26H22FN3O2. The maximum absolute atomic E-state index is 13.9. The van der Waals surface area contributed by atoms with E-state index in [4.69, 9.17) is 9.47 Å². The van der Waals surface area contributed by atoms with Crippen LogP contribution in [0.1, 0.15) is 23.9 Å². The number of nitriles is 1. The van der Waals surface area contributed by atoms with Gasteiger partial charge in [-0.1, -0.05) is 36.4 Å². The van der Waals surface area contributed by atoms with Gasteiger partial charge in [-0.25, -0.2) is 9.37 Å². The number of nitrogens with zero attached hydrogens (tertiary/aromatic N) is 3. The van der Waals surface area contributed by atoms with Gasteiger partial charge in [-0.15, -0.1) is 0 Å². The van der Waals surface area contributed by atoms with Crippen molar-refractivity contribution < 1.29 is 13.9 Å². The van der Waals surface area contributed by atoms with Crippen molar-refractivity contribution in [3.8, 4) is 17.6 Å². The molecule has 6 heteroatoms. The Morgan fingerprint density at radius 3 is 2.59 bits per heavy atom. The van der Waals surface area contributed by atoms with Crippen molar-refractivity contribution in [1.82, 2.24) is 9.55 Å². The first-order valence-electron chi connectivity index (χ1n) is 10.3. The molecule has 0 unspecified atom stereocenters. The third kappa shape index (κ3) is 4.33. The van der Waals surface area contributed by atoms with E-state index in [1.165, 1.54) is 6.07 Å². The molecule has 4 aromatic rings. The van der Waals surface area contributed by atoms with Crippen LogP contribution in [0.15, 0.2) is 66.7 Å². The van der Waals surface area contributed by atoms with Crippen LogP contribution in [0.5, 0.6) is 11.5 Å². The zero-order valence-electron chi connectivity index (χ0n) is 17.9. The second kappa shape index (κ2) is 9.36. The fourth-order valence-corrected chi connectivity index (χ4v) is 3.47. The molecule has 32 heavy (non-hydrogen) atoms. The summed E-state index contributed by atoms with van der Waals surface area (Å²) in [5, 5.41) is 9.79. The largest absolute Gasteiger partial charge is 0.490 e. The zero-order valence-corrected chi connectivity index (χ0v) is 17.9. The molecule has 0 radical (unpaired) electrons. The van der Waals surface area contributed by atoms with Crippen molar-refractivity contribution in [2.45, 2.75) is 13.5 Å². The summed E-state index contributed by atoms with van der Waals surface area (Å²) in [7, 11) is 1.89. The Labute approximate surface area is 186 Å². The van der Waals surface area contributed by atoms with E-state index in [-0.39, 0.29) is 12.4 Å². The Hall–Kier alpha value is -4.11. The molecule has 3 aromatic carbocycles. The summed E-state index contributed by atoms with van der Waals surface area (Å²) in [5.41, 5.74) is 3.46. The first-order chi connectivity index (χ1) is 15.6. The van der Waals surface area contributed by atoms with Crippen LogP contribution in [0.3, 0.4) is 0 Å². The molecule has 0 aliphatic carbocycles. The second-order valence-electron chi connectivity index (χ2n) is 7.17. The molecule has 0 atom stereocenters. The summed E-state index contributed by atoms with van der Waals surface area (Å²) in [5.74, 6) is 1.31. The van der Waals surface area contributed by atoms with E-state index in [0.717, 1.165) is 16.6 Å². The molecule has 0 aliphatic rings. The number of aromatic nitrogens is 2. The second-order valence-corrected chi connectivity index (χ2v) is 7.17. The summed E-state index contributed by atoms with van der Waals surface area (Å²) in [6.07, 6.45) is 1.77. The molecule has 0 N–H and O–H groups in total. The molecule has 4 rings (SSSR count). The molecule has 160 valence electrons. The van der Waals surface area contributed by atoms with Crippen molar-refractivity contribution in [1.29, 1.82) is 5.26 Å². The monoisotopic (exact) mass is 427 g/mol. The van der Waals surface area contributed by atoms with Gasteiger partial charge in [0.25, 0.3) is 0 Å². The number of halogens is 1. The number of aryl methyl sites for hydroxylation is 1. The average molecular weight is 427 g/mol. The summed E-state index contributed by atoms with van der Waals surface area (Å²) in [4.78, 5) is 4.61. The van der Waals surface area contributed by atoms with Gasteiger partial charge in [0.05, 0.1) is 23.2 Å². The fourth-order valence-electron chi connectivity index (χ4n) is 3.47. The predicted octanol–water partition coefficient (Wildman–Crippen LogP) is 5.75. The van der Waals surface area contributed by atoms with Crippen molar-refractivity contribution >= 4 is 22.7 Å². The minimum atomic E-state index is -0.314. The maximum atomic E-state index is 13.9. The zero-order chi connectivity index (χ0) is 22.5. The van der Waals surface area contributed by atoms with E-state index in [1.807, 2.05) is 48.9 Å². The van der Waals surface area contributed by atoms with E-state index in [1.54, 1.807) is 36.4 Å². The van der Waals surface area contributed by atoms with Crippen LogP contribution in [0.2, 0.25) is 0 Å². The number of allylic oxidation sites excluding steroid dienone is 1. The number of fused-ring (bicyclic) bond motifs is 1. The van der Waals surface area contributed by atoms with Gasteiger partial charge in [-0.2, -0.15) is 5.26 Å². The van der Waals surface area contributed by atoms with Crippen molar-refractivity contribution in [3.63, 3.8) is 0 Å². The molecule has 0 bridgehead atoms. The lowest BCUT2D eigenvalue weighted by Gasteiger charge is -2.13. The molecule has 5 nitrogen and oxygen atoms in total. The highest BCUT2D eigenvalue weighted by molar-refractivity contribution is 5.91. The van der Waals surface area contributed by atoms with E-state index in [2.05, 4.69) is 11.1 Å². The number of hydrogen-bond acceptors (Lipinski definition) is 4. The SMILES string of the molecule is CCOc1cc(C=C(C#N)c2nc3ccccc3n2C)ccc1OCc1ccccc1F. The Bertz CT molecular complexity index is 1330. The minimum Gasteiger partial charge on any atom is -0.490 e. The third-order valence-electron chi connectivity index (χ3n) is 5.07. The Balaban J connectivity index is 1.64. The molecule has 0 saturated carbocycles. The summed E-state index contributed by atoms with van der Waals surface area (Å²) in [6, 6.07) is 21.9. The molecule has 0 amide bonds. The van der Waals surface area contributed by atoms with Crippen LogP contribution < -0.4 is 9.47 Å². The number of imidazole rings is 1. The summed E-state index contributed by atoms with van der Waals surface area (Å²) >= 11 is 0. The third-order valence-corrected chi connectivity index (χ3v) is 5.07. The molecule has 0 fully saturated rings. The first-order valence-corrected chi connectivity index (χ1v) is 10.3. The lowest BCUT2D eigenvalue weighted by Crippen LogP contribution is -2.01. The van der Waals surface area contributed by atoms with Crippen LogP contribution in [-0.4, -0.2) is 16.2 Å². The highest BCUT2D eigenvalue weighted by Gasteiger charge is 2.13. The number of benzene rings is 3. The minimum absolute atomic E-state index is 0.0885. The van der Waals surface area contributed by atoms with Crippen LogP contribution in [0.25, 0.3) is 22.7 Å². The lowest BCUT2D eigenvalue weighted by atomic mass is 10.1. The van der Waals surface area contributed by atoms with E-state index < -0.39 is 0 Å². The maximum Gasteiger partial charge on any atom is 0.161 e. The number of ether oxygens (including phenoxy) is 2. The lowest BCUT2D eigenvalue weighted by molar-refractivity contribution is 0.266. The highest BCUT2D eigenvalue weighted by Crippen LogP contribution is 2.31. The Kier molecular flexibility index (Phi) is 6.18. The molecule has 1 aromatic heterocycles. The van der Waals surface area contributed by atoms with E-state index in [9.17, 15) is 9.65 Å². The Morgan fingerprint density at radius 2 is 1.84 bits per heavy atom. The van der Waals surface area contributed by atoms with Crippen molar-refractivity contribution in [3.05, 3.63) is 89.5 Å². The molecular weight excluding hydrogens is 405 g/mol. The van der Waals surface area contributed by atoms with Gasteiger partial charge in [0.1, 0.15) is 18.5 Å². The van der Waals surface area contributed by atoms with Crippen molar-refractivity contribution in [2.75, 3.05) is 6.61 Å². The van der Waals surface area contributed by atoms with Crippen LogP contribution >= 0.6 is 0 Å².